The lowest BCUT2D eigenvalue weighted by Gasteiger charge is -2.34. The molecule has 7 nitrogen and oxygen atoms in total. The van der Waals surface area contributed by atoms with E-state index < -0.39 is 10.0 Å². The summed E-state index contributed by atoms with van der Waals surface area (Å²) in [5, 5.41) is 0.994. The molecule has 0 aliphatic carbocycles. The Morgan fingerprint density at radius 2 is 1.62 bits per heavy atom. The van der Waals surface area contributed by atoms with E-state index in [2.05, 4.69) is 30.9 Å². The van der Waals surface area contributed by atoms with Crippen LogP contribution in [0.2, 0.25) is 0 Å². The Labute approximate surface area is 221 Å². The number of carbonyl (C=O) groups is 1. The molecule has 6 rings (SSSR count). The maximum absolute atomic E-state index is 13.3. The summed E-state index contributed by atoms with van der Waals surface area (Å²) in [7, 11) is -3.68. The Balaban J connectivity index is 1.13. The van der Waals surface area contributed by atoms with E-state index in [0.717, 1.165) is 21.9 Å². The molecule has 0 unspecified atom stereocenters. The van der Waals surface area contributed by atoms with Gasteiger partial charge < -0.3 is 9.80 Å². The highest BCUT2D eigenvalue weighted by Crippen LogP contribution is 2.34. The molecule has 9 heteroatoms. The fourth-order valence-corrected chi connectivity index (χ4v) is 7.67. The minimum Gasteiger partial charge on any atom is -0.345 e. The molecule has 0 N–H and O–H groups in total. The molecule has 0 radical (unpaired) electrons. The summed E-state index contributed by atoms with van der Waals surface area (Å²) in [5.41, 5.74) is 5.79. The van der Waals surface area contributed by atoms with Crippen molar-refractivity contribution < 1.29 is 13.2 Å². The molecule has 0 saturated carbocycles. The van der Waals surface area contributed by atoms with Crippen LogP contribution < -0.4 is 9.21 Å². The molecule has 190 valence electrons. The topological polar surface area (TPSA) is 73.8 Å². The van der Waals surface area contributed by atoms with E-state index in [1.165, 1.54) is 20.1 Å². The number of para-hydroxylation sites is 1. The zero-order chi connectivity index (χ0) is 25.7. The van der Waals surface area contributed by atoms with Crippen LogP contribution >= 0.6 is 11.3 Å². The van der Waals surface area contributed by atoms with E-state index >= 15 is 0 Å². The minimum atomic E-state index is -3.68. The van der Waals surface area contributed by atoms with Gasteiger partial charge in [-0.2, -0.15) is 0 Å². The van der Waals surface area contributed by atoms with Gasteiger partial charge in [0.25, 0.3) is 15.9 Å². The molecule has 37 heavy (non-hydrogen) atoms. The summed E-state index contributed by atoms with van der Waals surface area (Å²) in [6.45, 7) is 7.26. The molecule has 0 bridgehead atoms. The summed E-state index contributed by atoms with van der Waals surface area (Å²) in [6.07, 6.45) is 0.703. The molecule has 3 heterocycles. The number of hydrogen-bond acceptors (Lipinski definition) is 6. The van der Waals surface area contributed by atoms with Crippen LogP contribution in [-0.4, -0.2) is 56.9 Å². The van der Waals surface area contributed by atoms with Gasteiger partial charge in [-0.05, 0) is 73.4 Å². The average molecular weight is 533 g/mol. The first-order chi connectivity index (χ1) is 17.8. The number of sulfonamides is 1. The highest BCUT2D eigenvalue weighted by molar-refractivity contribution is 7.92. The minimum absolute atomic E-state index is 0.0779. The Morgan fingerprint density at radius 1 is 0.892 bits per heavy atom. The van der Waals surface area contributed by atoms with Crippen molar-refractivity contribution in [2.24, 2.45) is 0 Å². The number of aryl methyl sites for hydroxylation is 2. The Bertz CT molecular complexity index is 1600. The summed E-state index contributed by atoms with van der Waals surface area (Å²) < 4.78 is 29.2. The number of amides is 1. The van der Waals surface area contributed by atoms with Crippen molar-refractivity contribution in [2.75, 3.05) is 41.9 Å². The first-order valence-corrected chi connectivity index (χ1v) is 14.7. The van der Waals surface area contributed by atoms with Gasteiger partial charge in [-0.1, -0.05) is 35.6 Å². The van der Waals surface area contributed by atoms with Crippen LogP contribution in [0.5, 0.6) is 0 Å². The quantitative estimate of drug-likeness (QED) is 0.383. The highest BCUT2D eigenvalue weighted by Gasteiger charge is 2.31. The molecule has 0 atom stereocenters. The second-order valence-electron chi connectivity index (χ2n) is 9.61. The molecule has 0 spiro atoms. The highest BCUT2D eigenvalue weighted by atomic mass is 32.2. The normalized spacial score (nSPS) is 15.9. The molecule has 2 aliphatic rings. The Kier molecular flexibility index (Phi) is 5.92. The van der Waals surface area contributed by atoms with E-state index in [4.69, 9.17) is 4.98 Å². The number of benzene rings is 3. The van der Waals surface area contributed by atoms with Crippen molar-refractivity contribution in [3.63, 3.8) is 0 Å². The lowest BCUT2D eigenvalue weighted by Crippen LogP contribution is -2.48. The predicted molar refractivity (Wildman–Crippen MR) is 148 cm³/mol. The van der Waals surface area contributed by atoms with Crippen molar-refractivity contribution in [3.8, 4) is 0 Å². The number of thiazole rings is 1. The molecule has 4 aromatic rings. The van der Waals surface area contributed by atoms with Gasteiger partial charge in [-0.15, -0.1) is 0 Å². The zero-order valence-corrected chi connectivity index (χ0v) is 22.5. The molecule has 3 aromatic carbocycles. The molecule has 1 amide bonds. The van der Waals surface area contributed by atoms with Gasteiger partial charge in [0.15, 0.2) is 5.13 Å². The molecular weight excluding hydrogens is 504 g/mol. The van der Waals surface area contributed by atoms with E-state index in [-0.39, 0.29) is 10.8 Å². The lowest BCUT2D eigenvalue weighted by molar-refractivity contribution is 0.0746. The number of nitrogens with zero attached hydrogens (tertiary/aromatic N) is 4. The van der Waals surface area contributed by atoms with Gasteiger partial charge >= 0.3 is 0 Å². The number of fused-ring (bicyclic) bond motifs is 2. The summed E-state index contributed by atoms with van der Waals surface area (Å²) in [6, 6.07) is 18.2. The number of piperazine rings is 1. The molecule has 1 fully saturated rings. The van der Waals surface area contributed by atoms with Crippen LogP contribution in [0.15, 0.2) is 65.6 Å². The molecular formula is C28H28N4O3S2. The van der Waals surface area contributed by atoms with Gasteiger partial charge in [0, 0.05) is 38.3 Å². The molecule has 2 aliphatic heterocycles. The first-order valence-electron chi connectivity index (χ1n) is 12.4. The standard InChI is InChI=1S/C28H28N4O3S2/c1-19-7-12-25-26(20(19)2)29-28(36-25)31-17-15-30(16-18-31)27(33)22-8-10-23(11-9-22)37(34,35)32-14-13-21-5-3-4-6-24(21)32/h3-12H,13-18H2,1-2H3. The summed E-state index contributed by atoms with van der Waals surface area (Å²) in [4.78, 5) is 22.3. The van der Waals surface area contributed by atoms with Gasteiger partial charge in [0.05, 0.1) is 20.8 Å². The SMILES string of the molecule is Cc1ccc2sc(N3CCN(C(=O)c4ccc(S(=O)(=O)N5CCc6ccccc65)cc4)CC3)nc2c1C. The Hall–Kier alpha value is -3.43. The van der Waals surface area contributed by atoms with Gasteiger partial charge in [0.2, 0.25) is 0 Å². The van der Waals surface area contributed by atoms with Crippen molar-refractivity contribution in [3.05, 3.63) is 82.9 Å². The van der Waals surface area contributed by atoms with E-state index in [1.54, 1.807) is 35.6 Å². The van der Waals surface area contributed by atoms with Crippen LogP contribution in [0.25, 0.3) is 10.2 Å². The number of carbonyl (C=O) groups excluding carboxylic acids is 1. The number of anilines is 2. The molecule has 1 saturated heterocycles. The molecule has 1 aromatic heterocycles. The summed E-state index contributed by atoms with van der Waals surface area (Å²) in [5.74, 6) is -0.0779. The number of hydrogen-bond donors (Lipinski definition) is 0. The van der Waals surface area contributed by atoms with Crippen molar-refractivity contribution in [1.29, 1.82) is 0 Å². The summed E-state index contributed by atoms with van der Waals surface area (Å²) >= 11 is 1.69. The average Bonchev–Trinajstić information content (AvgIpc) is 3.56. The number of aromatic nitrogens is 1. The van der Waals surface area contributed by atoms with E-state index in [9.17, 15) is 13.2 Å². The van der Waals surface area contributed by atoms with Gasteiger partial charge in [-0.3, -0.25) is 9.10 Å². The second kappa shape index (κ2) is 9.15. The smallest absolute Gasteiger partial charge is 0.264 e. The van der Waals surface area contributed by atoms with Crippen LogP contribution in [-0.2, 0) is 16.4 Å². The fraction of sp³-hybridized carbons (Fsp3) is 0.286. The number of rotatable bonds is 4. The third-order valence-electron chi connectivity index (χ3n) is 7.44. The van der Waals surface area contributed by atoms with Crippen molar-refractivity contribution >= 4 is 48.3 Å². The van der Waals surface area contributed by atoms with Crippen LogP contribution in [0.3, 0.4) is 0 Å². The fourth-order valence-electron chi connectivity index (χ4n) is 5.09. The van der Waals surface area contributed by atoms with Gasteiger partial charge in [-0.25, -0.2) is 13.4 Å². The lowest BCUT2D eigenvalue weighted by atomic mass is 10.1. The predicted octanol–water partition coefficient (Wildman–Crippen LogP) is 4.63. The second-order valence-corrected chi connectivity index (χ2v) is 12.5. The van der Waals surface area contributed by atoms with Crippen LogP contribution in [0, 0.1) is 13.8 Å². The maximum atomic E-state index is 13.3. The largest absolute Gasteiger partial charge is 0.345 e. The van der Waals surface area contributed by atoms with Crippen molar-refractivity contribution in [2.45, 2.75) is 25.2 Å². The zero-order valence-electron chi connectivity index (χ0n) is 20.8. The van der Waals surface area contributed by atoms with E-state index in [1.807, 2.05) is 29.2 Å². The van der Waals surface area contributed by atoms with Gasteiger partial charge in [0.1, 0.15) is 0 Å². The maximum Gasteiger partial charge on any atom is 0.264 e. The first kappa shape index (κ1) is 23.9. The third kappa shape index (κ3) is 4.16. The monoisotopic (exact) mass is 532 g/mol. The van der Waals surface area contributed by atoms with Crippen LogP contribution in [0.4, 0.5) is 10.8 Å². The van der Waals surface area contributed by atoms with Crippen LogP contribution in [0.1, 0.15) is 27.0 Å². The van der Waals surface area contributed by atoms with E-state index in [0.29, 0.717) is 44.7 Å². The third-order valence-corrected chi connectivity index (χ3v) is 10.4. The van der Waals surface area contributed by atoms with Crippen molar-refractivity contribution in [1.82, 2.24) is 9.88 Å². The Morgan fingerprint density at radius 3 is 2.38 bits per heavy atom.